The van der Waals surface area contributed by atoms with Crippen LogP contribution in [0.5, 0.6) is 0 Å². The molecule has 0 radical (unpaired) electrons. The normalized spacial score (nSPS) is 11.4. The van der Waals surface area contributed by atoms with Crippen LogP contribution in [-0.2, 0) is 0 Å². The van der Waals surface area contributed by atoms with Crippen LogP contribution in [0.25, 0.3) is 0 Å². The lowest BCUT2D eigenvalue weighted by Gasteiger charge is -2.10. The highest BCUT2D eigenvalue weighted by atomic mass is 35.5. The first-order chi connectivity index (χ1) is 14.4. The lowest BCUT2D eigenvalue weighted by atomic mass is 10.1. The summed E-state index contributed by atoms with van der Waals surface area (Å²) in [5.41, 5.74) is 11.4. The van der Waals surface area contributed by atoms with Crippen molar-refractivity contribution < 1.29 is 8.78 Å². The summed E-state index contributed by atoms with van der Waals surface area (Å²) in [5, 5.41) is 10.5. The van der Waals surface area contributed by atoms with E-state index in [9.17, 15) is 8.78 Å². The molecule has 154 valence electrons. The van der Waals surface area contributed by atoms with Gasteiger partial charge in [-0.15, -0.1) is 11.8 Å². The van der Waals surface area contributed by atoms with E-state index in [0.29, 0.717) is 21.1 Å². The molecule has 0 aliphatic rings. The predicted molar refractivity (Wildman–Crippen MR) is 121 cm³/mol. The highest BCUT2D eigenvalue weighted by molar-refractivity contribution is 8.03. The Balaban J connectivity index is 2.23. The number of allylic oxidation sites excluding steroid dienone is 3. The van der Waals surface area contributed by atoms with Crippen LogP contribution >= 0.6 is 23.4 Å². The zero-order valence-electron chi connectivity index (χ0n) is 15.7. The Morgan fingerprint density at radius 1 is 1.37 bits per heavy atom. The Hall–Kier alpha value is -3.28. The zero-order chi connectivity index (χ0) is 22.1. The molecule has 2 aromatic rings. The number of hydrogen-bond acceptors (Lipinski definition) is 6. The average molecular weight is 446 g/mol. The number of halogens is 3. The van der Waals surface area contributed by atoms with Gasteiger partial charge < -0.3 is 22.2 Å². The number of nitrogens with zero attached hydrogens (tertiary/aromatic N) is 1. The van der Waals surface area contributed by atoms with Crippen LogP contribution in [0.1, 0.15) is 16.7 Å². The number of nitrogens with one attached hydrogen (secondary N) is 2. The highest BCUT2D eigenvalue weighted by Crippen LogP contribution is 2.26. The number of thioether (sulfide) groups is 1. The molecule has 1 aromatic carbocycles. The number of rotatable bonds is 7. The van der Waals surface area contributed by atoms with E-state index in [1.54, 1.807) is 6.08 Å². The van der Waals surface area contributed by atoms with Gasteiger partial charge in [0.05, 0.1) is 22.2 Å². The smallest absolute Gasteiger partial charge is 0.164 e. The van der Waals surface area contributed by atoms with Crippen molar-refractivity contribution in [2.24, 2.45) is 5.73 Å². The molecule has 1 heterocycles. The van der Waals surface area contributed by atoms with E-state index in [2.05, 4.69) is 28.7 Å². The molecule has 0 atom stereocenters. The largest absolute Gasteiger partial charge is 0.405 e. The molecule has 30 heavy (non-hydrogen) atoms. The predicted octanol–water partition coefficient (Wildman–Crippen LogP) is 4.55. The van der Waals surface area contributed by atoms with Gasteiger partial charge in [0.2, 0.25) is 0 Å². The van der Waals surface area contributed by atoms with Gasteiger partial charge in [0.15, 0.2) is 5.82 Å². The highest BCUT2D eigenvalue weighted by Gasteiger charge is 2.12. The lowest BCUT2D eigenvalue weighted by molar-refractivity contribution is 0.580. The molecule has 0 bridgehead atoms. The first kappa shape index (κ1) is 23.0. The van der Waals surface area contributed by atoms with Gasteiger partial charge in [-0.25, -0.2) is 13.8 Å². The molecular formula is C21H18ClF2N5S. The SMILES string of the molecule is C=C/C(SCNc1ccc(F)c(C#Cc2cnc(N)c(C=N)c2)c1F)=C(Cl)\C=C/N. The summed E-state index contributed by atoms with van der Waals surface area (Å²) in [4.78, 5) is 4.55. The number of nitrogens with two attached hydrogens (primary N) is 2. The first-order valence-electron chi connectivity index (χ1n) is 8.44. The maximum absolute atomic E-state index is 14.8. The molecule has 0 unspecified atom stereocenters. The van der Waals surface area contributed by atoms with E-state index < -0.39 is 11.6 Å². The monoisotopic (exact) mass is 445 g/mol. The Kier molecular flexibility index (Phi) is 8.47. The maximum atomic E-state index is 14.8. The van der Waals surface area contributed by atoms with Crippen molar-refractivity contribution in [1.82, 2.24) is 4.98 Å². The maximum Gasteiger partial charge on any atom is 0.164 e. The van der Waals surface area contributed by atoms with Crippen molar-refractivity contribution in [2.45, 2.75) is 0 Å². The summed E-state index contributed by atoms with van der Waals surface area (Å²) in [7, 11) is 0. The fourth-order valence-corrected chi connectivity index (χ4v) is 3.22. The fourth-order valence-electron chi connectivity index (χ4n) is 2.20. The number of pyridine rings is 1. The molecule has 6 N–H and O–H groups in total. The minimum atomic E-state index is -0.823. The Labute approximate surface area is 182 Å². The van der Waals surface area contributed by atoms with Crippen LogP contribution in [0.3, 0.4) is 0 Å². The third kappa shape index (κ3) is 5.86. The molecule has 0 amide bonds. The van der Waals surface area contributed by atoms with Crippen molar-refractivity contribution in [3.05, 3.63) is 87.6 Å². The van der Waals surface area contributed by atoms with Gasteiger partial charge in [-0.2, -0.15) is 0 Å². The minimum Gasteiger partial charge on any atom is -0.405 e. The number of benzene rings is 1. The average Bonchev–Trinajstić information content (AvgIpc) is 2.73. The van der Waals surface area contributed by atoms with Crippen LogP contribution in [0.2, 0.25) is 0 Å². The van der Waals surface area contributed by atoms with Crippen LogP contribution in [0.15, 0.2) is 59.3 Å². The summed E-state index contributed by atoms with van der Waals surface area (Å²) in [6.45, 7) is 3.67. The Bertz CT molecular complexity index is 1090. The molecule has 0 fully saturated rings. The van der Waals surface area contributed by atoms with E-state index in [1.165, 1.54) is 42.4 Å². The summed E-state index contributed by atoms with van der Waals surface area (Å²) in [6, 6.07) is 3.92. The number of aromatic nitrogens is 1. The van der Waals surface area contributed by atoms with Crippen molar-refractivity contribution in [1.29, 1.82) is 5.41 Å². The first-order valence-corrected chi connectivity index (χ1v) is 9.80. The van der Waals surface area contributed by atoms with Gasteiger partial charge in [-0.05, 0) is 30.5 Å². The molecule has 0 aliphatic carbocycles. The van der Waals surface area contributed by atoms with Gasteiger partial charge in [0.25, 0.3) is 0 Å². The van der Waals surface area contributed by atoms with E-state index in [1.807, 2.05) is 0 Å². The van der Waals surface area contributed by atoms with Gasteiger partial charge in [-0.3, -0.25) is 0 Å². The zero-order valence-corrected chi connectivity index (χ0v) is 17.2. The van der Waals surface area contributed by atoms with Gasteiger partial charge in [0.1, 0.15) is 11.6 Å². The summed E-state index contributed by atoms with van der Waals surface area (Å²) < 4.78 is 28.9. The summed E-state index contributed by atoms with van der Waals surface area (Å²) in [5.74, 6) is 3.92. The number of nitrogen functional groups attached to an aromatic ring is 1. The van der Waals surface area contributed by atoms with Gasteiger partial charge in [0, 0.05) is 28.4 Å². The quantitative estimate of drug-likeness (QED) is 0.217. The molecule has 0 aliphatic heterocycles. The number of hydrogen-bond donors (Lipinski definition) is 4. The van der Waals surface area contributed by atoms with Gasteiger partial charge in [-0.1, -0.05) is 36.1 Å². The van der Waals surface area contributed by atoms with Crippen molar-refractivity contribution in [2.75, 3.05) is 16.9 Å². The van der Waals surface area contributed by atoms with E-state index >= 15 is 0 Å². The topological polar surface area (TPSA) is 101 Å². The molecule has 0 spiro atoms. The molecule has 9 heteroatoms. The lowest BCUT2D eigenvalue weighted by Crippen LogP contribution is -2.03. The van der Waals surface area contributed by atoms with Crippen LogP contribution in [0.4, 0.5) is 20.3 Å². The Morgan fingerprint density at radius 3 is 2.80 bits per heavy atom. The second kappa shape index (κ2) is 11.0. The van der Waals surface area contributed by atoms with Gasteiger partial charge >= 0.3 is 0 Å². The van der Waals surface area contributed by atoms with Crippen LogP contribution < -0.4 is 16.8 Å². The van der Waals surface area contributed by atoms with E-state index in [-0.39, 0.29) is 22.9 Å². The summed E-state index contributed by atoms with van der Waals surface area (Å²) >= 11 is 7.33. The molecule has 0 saturated heterocycles. The third-order valence-corrected chi connectivity index (χ3v) is 5.11. The van der Waals surface area contributed by atoms with Crippen LogP contribution in [0, 0.1) is 28.9 Å². The standard InChI is InChI=1S/C21H18ClF2N5S/c1-2-19(16(22)7-8-25)30-12-29-18-6-5-17(23)15(20(18)24)4-3-13-9-14(10-26)21(27)28-11-13/h2,5-11,26,29H,1,12,25H2,(H2,27,28)/b8-7-,19-16-,26-10?. The second-order valence-electron chi connectivity index (χ2n) is 5.62. The molecule has 5 nitrogen and oxygen atoms in total. The third-order valence-electron chi connectivity index (χ3n) is 3.68. The Morgan fingerprint density at radius 2 is 2.13 bits per heavy atom. The number of anilines is 2. The fraction of sp³-hybridized carbons (Fsp3) is 0.0476. The minimum absolute atomic E-state index is 0.0812. The molecule has 0 saturated carbocycles. The molecular weight excluding hydrogens is 428 g/mol. The van der Waals surface area contributed by atoms with E-state index in [4.69, 9.17) is 28.5 Å². The van der Waals surface area contributed by atoms with Crippen LogP contribution in [-0.4, -0.2) is 17.1 Å². The molecule has 2 rings (SSSR count). The van der Waals surface area contributed by atoms with E-state index in [0.717, 1.165) is 12.3 Å². The summed E-state index contributed by atoms with van der Waals surface area (Å²) in [6.07, 6.45) is 6.75. The van der Waals surface area contributed by atoms with Crippen molar-refractivity contribution in [3.8, 4) is 11.8 Å². The van der Waals surface area contributed by atoms with Crippen molar-refractivity contribution in [3.63, 3.8) is 0 Å². The second-order valence-corrected chi connectivity index (χ2v) is 7.04. The van der Waals surface area contributed by atoms with Crippen molar-refractivity contribution >= 4 is 41.1 Å². The molecule has 1 aromatic heterocycles.